The predicted molar refractivity (Wildman–Crippen MR) is 53.7 cm³/mol. The highest BCUT2D eigenvalue weighted by atomic mass is 16.4. The van der Waals surface area contributed by atoms with Crippen LogP contribution in [-0.4, -0.2) is 39.1 Å². The Labute approximate surface area is 86.9 Å². The number of nitrogens with two attached hydrogens (primary N) is 1. The SMILES string of the molecule is N/C(=N\O)c1cn(C2CCNCC2)nn1. The number of rotatable bonds is 2. The van der Waals surface area contributed by atoms with Gasteiger partial charge >= 0.3 is 0 Å². The number of nitrogens with zero attached hydrogens (tertiary/aromatic N) is 4. The third-order valence-corrected chi connectivity index (χ3v) is 2.56. The van der Waals surface area contributed by atoms with E-state index in [2.05, 4.69) is 20.8 Å². The second kappa shape index (κ2) is 4.26. The van der Waals surface area contributed by atoms with Gasteiger partial charge < -0.3 is 16.3 Å². The van der Waals surface area contributed by atoms with Crippen LogP contribution in [0.2, 0.25) is 0 Å². The lowest BCUT2D eigenvalue weighted by molar-refractivity contribution is 0.318. The molecule has 1 aromatic heterocycles. The van der Waals surface area contributed by atoms with Gasteiger partial charge in [0.05, 0.1) is 12.2 Å². The van der Waals surface area contributed by atoms with E-state index in [0.29, 0.717) is 11.7 Å². The molecular weight excluding hydrogens is 196 g/mol. The highest BCUT2D eigenvalue weighted by Crippen LogP contribution is 2.16. The Bertz CT molecular complexity index is 354. The molecule has 0 saturated carbocycles. The van der Waals surface area contributed by atoms with Crippen molar-refractivity contribution in [1.29, 1.82) is 0 Å². The topological polar surface area (TPSA) is 101 Å². The second-order valence-corrected chi connectivity index (χ2v) is 3.55. The van der Waals surface area contributed by atoms with Crippen LogP contribution < -0.4 is 11.1 Å². The van der Waals surface area contributed by atoms with E-state index >= 15 is 0 Å². The molecule has 82 valence electrons. The van der Waals surface area contributed by atoms with Gasteiger partial charge in [-0.1, -0.05) is 10.4 Å². The lowest BCUT2D eigenvalue weighted by Gasteiger charge is -2.22. The van der Waals surface area contributed by atoms with Gasteiger partial charge in [-0.15, -0.1) is 5.10 Å². The molecule has 0 bridgehead atoms. The summed E-state index contributed by atoms with van der Waals surface area (Å²) >= 11 is 0. The summed E-state index contributed by atoms with van der Waals surface area (Å²) in [6, 6.07) is 0.360. The zero-order valence-corrected chi connectivity index (χ0v) is 8.30. The molecule has 2 heterocycles. The molecule has 1 fully saturated rings. The van der Waals surface area contributed by atoms with Crippen LogP contribution in [0.15, 0.2) is 11.4 Å². The minimum absolute atomic E-state index is 0.00446. The van der Waals surface area contributed by atoms with Gasteiger partial charge in [0.25, 0.3) is 0 Å². The lowest BCUT2D eigenvalue weighted by atomic mass is 10.1. The predicted octanol–water partition coefficient (Wildman–Crippen LogP) is -0.703. The van der Waals surface area contributed by atoms with Gasteiger partial charge in [0.15, 0.2) is 11.5 Å². The molecule has 1 saturated heterocycles. The number of aromatic nitrogens is 3. The standard InChI is InChI=1S/C8H14N6O/c9-8(12-15)7-5-14(13-11-7)6-1-3-10-4-2-6/h5-6,10,15H,1-4H2,(H2,9,12). The Kier molecular flexibility index (Phi) is 2.82. The zero-order chi connectivity index (χ0) is 10.7. The molecule has 2 rings (SSSR count). The summed E-state index contributed by atoms with van der Waals surface area (Å²) in [5, 5.41) is 22.5. The molecule has 1 aliphatic rings. The Morgan fingerprint density at radius 3 is 3.00 bits per heavy atom. The van der Waals surface area contributed by atoms with Crippen molar-refractivity contribution in [2.75, 3.05) is 13.1 Å². The van der Waals surface area contributed by atoms with Gasteiger partial charge in [-0.25, -0.2) is 4.68 Å². The van der Waals surface area contributed by atoms with Crippen LogP contribution in [0.4, 0.5) is 0 Å². The summed E-state index contributed by atoms with van der Waals surface area (Å²) in [5.41, 5.74) is 5.82. The maximum Gasteiger partial charge on any atom is 0.192 e. The molecule has 1 aromatic rings. The van der Waals surface area contributed by atoms with Crippen LogP contribution in [0, 0.1) is 0 Å². The minimum Gasteiger partial charge on any atom is -0.409 e. The summed E-state index contributed by atoms with van der Waals surface area (Å²) in [6.07, 6.45) is 3.77. The van der Waals surface area contributed by atoms with Crippen molar-refractivity contribution in [3.05, 3.63) is 11.9 Å². The van der Waals surface area contributed by atoms with Crippen molar-refractivity contribution < 1.29 is 5.21 Å². The van der Waals surface area contributed by atoms with Crippen molar-refractivity contribution in [1.82, 2.24) is 20.3 Å². The van der Waals surface area contributed by atoms with E-state index in [0.717, 1.165) is 25.9 Å². The smallest absolute Gasteiger partial charge is 0.192 e. The molecule has 0 radical (unpaired) electrons. The normalized spacial score (nSPS) is 19.3. The highest BCUT2D eigenvalue weighted by Gasteiger charge is 2.17. The van der Waals surface area contributed by atoms with E-state index in [9.17, 15) is 0 Å². The van der Waals surface area contributed by atoms with Crippen molar-refractivity contribution >= 4 is 5.84 Å². The van der Waals surface area contributed by atoms with Crippen molar-refractivity contribution in [2.45, 2.75) is 18.9 Å². The number of hydrogen-bond acceptors (Lipinski definition) is 5. The average molecular weight is 210 g/mol. The first kappa shape index (κ1) is 9.91. The maximum atomic E-state index is 8.48. The molecule has 0 unspecified atom stereocenters. The molecule has 0 atom stereocenters. The van der Waals surface area contributed by atoms with Crippen molar-refractivity contribution in [3.8, 4) is 0 Å². The third-order valence-electron chi connectivity index (χ3n) is 2.56. The van der Waals surface area contributed by atoms with E-state index < -0.39 is 0 Å². The summed E-state index contributed by atoms with van der Waals surface area (Å²) in [5.74, 6) is -0.00446. The number of oxime groups is 1. The van der Waals surface area contributed by atoms with Gasteiger partial charge in [-0.2, -0.15) is 0 Å². The largest absolute Gasteiger partial charge is 0.409 e. The zero-order valence-electron chi connectivity index (χ0n) is 8.30. The molecule has 7 nitrogen and oxygen atoms in total. The second-order valence-electron chi connectivity index (χ2n) is 3.55. The maximum absolute atomic E-state index is 8.48. The van der Waals surface area contributed by atoms with Gasteiger partial charge in [0.2, 0.25) is 0 Å². The Morgan fingerprint density at radius 2 is 2.33 bits per heavy atom. The average Bonchev–Trinajstić information content (AvgIpc) is 2.78. The summed E-state index contributed by atoms with van der Waals surface area (Å²) in [6.45, 7) is 1.98. The molecule has 0 amide bonds. The quantitative estimate of drug-likeness (QED) is 0.259. The monoisotopic (exact) mass is 210 g/mol. The van der Waals surface area contributed by atoms with E-state index in [1.807, 2.05) is 0 Å². The summed E-state index contributed by atoms with van der Waals surface area (Å²) in [4.78, 5) is 0. The molecule has 0 aliphatic carbocycles. The number of piperidine rings is 1. The summed E-state index contributed by atoms with van der Waals surface area (Å²) < 4.78 is 1.79. The molecule has 15 heavy (non-hydrogen) atoms. The molecule has 7 heteroatoms. The van der Waals surface area contributed by atoms with Crippen LogP contribution in [0.1, 0.15) is 24.6 Å². The van der Waals surface area contributed by atoms with Crippen LogP contribution >= 0.6 is 0 Å². The van der Waals surface area contributed by atoms with E-state index in [1.165, 1.54) is 0 Å². The Morgan fingerprint density at radius 1 is 1.60 bits per heavy atom. The Hall–Kier alpha value is -1.63. The first-order chi connectivity index (χ1) is 7.31. The molecular formula is C8H14N6O. The van der Waals surface area contributed by atoms with Crippen LogP contribution in [0.5, 0.6) is 0 Å². The lowest BCUT2D eigenvalue weighted by Crippen LogP contribution is -2.29. The van der Waals surface area contributed by atoms with Gasteiger partial charge in [-0.05, 0) is 25.9 Å². The molecule has 0 spiro atoms. The number of nitrogens with one attached hydrogen (secondary N) is 1. The number of amidine groups is 1. The highest BCUT2D eigenvalue weighted by molar-refractivity contribution is 5.94. The fraction of sp³-hybridized carbons (Fsp3) is 0.625. The fourth-order valence-corrected chi connectivity index (χ4v) is 1.70. The molecule has 0 aromatic carbocycles. The molecule has 1 aliphatic heterocycles. The van der Waals surface area contributed by atoms with Crippen LogP contribution in [0.25, 0.3) is 0 Å². The van der Waals surface area contributed by atoms with Gasteiger partial charge in [-0.3, -0.25) is 0 Å². The minimum atomic E-state index is -0.00446. The van der Waals surface area contributed by atoms with Crippen molar-refractivity contribution in [2.24, 2.45) is 10.9 Å². The van der Waals surface area contributed by atoms with E-state index in [4.69, 9.17) is 10.9 Å². The fourth-order valence-electron chi connectivity index (χ4n) is 1.70. The Balaban J connectivity index is 2.12. The van der Waals surface area contributed by atoms with Crippen LogP contribution in [0.3, 0.4) is 0 Å². The van der Waals surface area contributed by atoms with Crippen molar-refractivity contribution in [3.63, 3.8) is 0 Å². The molecule has 4 N–H and O–H groups in total. The van der Waals surface area contributed by atoms with Gasteiger partial charge in [0, 0.05) is 0 Å². The van der Waals surface area contributed by atoms with Gasteiger partial charge in [0.1, 0.15) is 0 Å². The first-order valence-corrected chi connectivity index (χ1v) is 4.91. The first-order valence-electron chi connectivity index (χ1n) is 4.91. The van der Waals surface area contributed by atoms with Crippen LogP contribution in [-0.2, 0) is 0 Å². The third kappa shape index (κ3) is 2.07. The number of hydrogen-bond donors (Lipinski definition) is 3. The summed E-state index contributed by atoms with van der Waals surface area (Å²) in [7, 11) is 0. The van der Waals surface area contributed by atoms with E-state index in [1.54, 1.807) is 10.9 Å². The van der Waals surface area contributed by atoms with E-state index in [-0.39, 0.29) is 5.84 Å².